The Morgan fingerprint density at radius 3 is 2.39 bits per heavy atom. The van der Waals surface area contributed by atoms with E-state index in [4.69, 9.17) is 4.74 Å². The Kier molecular flexibility index (Phi) is 6.11. The van der Waals surface area contributed by atoms with Gasteiger partial charge in [-0.05, 0) is 61.1 Å². The van der Waals surface area contributed by atoms with Gasteiger partial charge < -0.3 is 15.4 Å². The average molecular weight is 419 g/mol. The lowest BCUT2D eigenvalue weighted by Gasteiger charge is -2.26. The van der Waals surface area contributed by atoms with Crippen LogP contribution in [0.15, 0.2) is 60.9 Å². The number of aromatic nitrogens is 1. The van der Waals surface area contributed by atoms with E-state index in [1.54, 1.807) is 43.6 Å². The summed E-state index contributed by atoms with van der Waals surface area (Å²) in [6.07, 6.45) is 8.31. The monoisotopic (exact) mass is 419 g/mol. The molecule has 2 N–H and O–H groups in total. The molecule has 31 heavy (non-hydrogen) atoms. The summed E-state index contributed by atoms with van der Waals surface area (Å²) in [6.45, 7) is 2.44. The number of hydrogen-bond donors (Lipinski definition) is 2. The number of nitrogens with one attached hydrogen (secondary N) is 2. The maximum atomic E-state index is 13.1. The van der Waals surface area contributed by atoms with Gasteiger partial charge in [-0.3, -0.25) is 14.6 Å². The van der Waals surface area contributed by atoms with Crippen LogP contribution < -0.4 is 10.6 Å². The molecule has 2 amide bonds. The fraction of sp³-hybridized carbons (Fsp3) is 0.333. The fourth-order valence-electron chi connectivity index (χ4n) is 4.48. The quantitative estimate of drug-likeness (QED) is 0.531. The van der Waals surface area contributed by atoms with Crippen molar-refractivity contribution < 1.29 is 19.1 Å². The van der Waals surface area contributed by atoms with Crippen molar-refractivity contribution in [3.63, 3.8) is 0 Å². The van der Waals surface area contributed by atoms with Gasteiger partial charge in [0.25, 0.3) is 0 Å². The molecule has 2 bridgehead atoms. The van der Waals surface area contributed by atoms with Crippen LogP contribution in [0.2, 0.25) is 0 Å². The molecule has 160 valence electrons. The lowest BCUT2D eigenvalue weighted by Crippen LogP contribution is -2.41. The largest absolute Gasteiger partial charge is 0.462 e. The van der Waals surface area contributed by atoms with Gasteiger partial charge in [0.15, 0.2) is 0 Å². The zero-order chi connectivity index (χ0) is 21.8. The Morgan fingerprint density at radius 1 is 1.03 bits per heavy atom. The minimum absolute atomic E-state index is 0.0537. The van der Waals surface area contributed by atoms with Crippen LogP contribution in [0.3, 0.4) is 0 Å². The third kappa shape index (κ3) is 4.50. The molecule has 7 heteroatoms. The molecule has 4 unspecified atom stereocenters. The van der Waals surface area contributed by atoms with Gasteiger partial charge in [0.2, 0.25) is 11.8 Å². The Morgan fingerprint density at radius 2 is 1.74 bits per heavy atom. The molecule has 2 aliphatic carbocycles. The summed E-state index contributed by atoms with van der Waals surface area (Å²) in [5.74, 6) is -1.39. The van der Waals surface area contributed by atoms with Crippen LogP contribution >= 0.6 is 0 Å². The van der Waals surface area contributed by atoms with Crippen LogP contribution in [0, 0.1) is 23.7 Å². The lowest BCUT2D eigenvalue weighted by molar-refractivity contribution is -0.133. The molecular weight excluding hydrogens is 394 g/mol. The number of amides is 2. The molecular formula is C24H25N3O4. The number of anilines is 1. The van der Waals surface area contributed by atoms with Crippen molar-refractivity contribution in [1.29, 1.82) is 0 Å². The van der Waals surface area contributed by atoms with Gasteiger partial charge in [0, 0.05) is 24.6 Å². The van der Waals surface area contributed by atoms with Gasteiger partial charge in [-0.1, -0.05) is 18.2 Å². The van der Waals surface area contributed by atoms with Gasteiger partial charge >= 0.3 is 5.97 Å². The summed E-state index contributed by atoms with van der Waals surface area (Å²) in [5.41, 5.74) is 1.92. The summed E-state index contributed by atoms with van der Waals surface area (Å²) in [4.78, 5) is 41.9. The first-order valence-corrected chi connectivity index (χ1v) is 10.5. The van der Waals surface area contributed by atoms with Crippen LogP contribution in [-0.4, -0.2) is 29.4 Å². The number of esters is 1. The Bertz CT molecular complexity index is 988. The minimum Gasteiger partial charge on any atom is -0.462 e. The summed E-state index contributed by atoms with van der Waals surface area (Å²) in [7, 11) is 0. The highest BCUT2D eigenvalue weighted by molar-refractivity contribution is 5.98. The van der Waals surface area contributed by atoms with Gasteiger partial charge in [0.1, 0.15) is 0 Å². The molecule has 1 heterocycles. The van der Waals surface area contributed by atoms with Crippen molar-refractivity contribution in [2.24, 2.45) is 23.7 Å². The van der Waals surface area contributed by atoms with E-state index in [1.807, 2.05) is 18.2 Å². The molecule has 1 aromatic carbocycles. The van der Waals surface area contributed by atoms with Crippen molar-refractivity contribution in [3.8, 4) is 0 Å². The minimum atomic E-state index is -0.423. The van der Waals surface area contributed by atoms with E-state index in [0.717, 1.165) is 12.0 Å². The second-order valence-corrected chi connectivity index (χ2v) is 7.87. The van der Waals surface area contributed by atoms with Crippen molar-refractivity contribution in [2.45, 2.75) is 19.9 Å². The summed E-state index contributed by atoms with van der Waals surface area (Å²) < 4.78 is 4.98. The van der Waals surface area contributed by atoms with E-state index in [2.05, 4.69) is 21.7 Å². The van der Waals surface area contributed by atoms with E-state index in [1.165, 1.54) is 0 Å². The molecule has 2 aliphatic rings. The maximum Gasteiger partial charge on any atom is 0.338 e. The molecule has 1 saturated carbocycles. The van der Waals surface area contributed by atoms with Crippen LogP contribution in [0.1, 0.15) is 29.3 Å². The summed E-state index contributed by atoms with van der Waals surface area (Å²) in [5, 5.41) is 5.87. The molecule has 4 rings (SSSR count). The highest BCUT2D eigenvalue weighted by Gasteiger charge is 2.51. The van der Waals surface area contributed by atoms with E-state index in [-0.39, 0.29) is 23.7 Å². The van der Waals surface area contributed by atoms with Gasteiger partial charge in [-0.25, -0.2) is 4.79 Å². The van der Waals surface area contributed by atoms with Crippen molar-refractivity contribution in [3.05, 3.63) is 72.1 Å². The number of fused-ring (bicyclic) bond motifs is 2. The zero-order valence-corrected chi connectivity index (χ0v) is 17.3. The number of benzene rings is 1. The standard InChI is InChI=1S/C24H25N3O4/c1-2-31-24(30)16-7-9-19(10-8-16)27-23(29)21-18-6-5-17(12-18)20(21)22(28)26-14-15-4-3-11-25-13-15/h3-11,13,17-18,20-21H,2,12,14H2,1H3,(H,26,28)(H,27,29). The van der Waals surface area contributed by atoms with Crippen molar-refractivity contribution in [2.75, 3.05) is 11.9 Å². The number of carbonyl (C=O) groups is 3. The molecule has 4 atom stereocenters. The number of pyridine rings is 1. The van der Waals surface area contributed by atoms with E-state index >= 15 is 0 Å². The molecule has 0 saturated heterocycles. The molecule has 1 aromatic heterocycles. The maximum absolute atomic E-state index is 13.1. The highest BCUT2D eigenvalue weighted by Crippen LogP contribution is 2.48. The average Bonchev–Trinajstić information content (AvgIpc) is 3.41. The summed E-state index contributed by atoms with van der Waals surface area (Å²) >= 11 is 0. The van der Waals surface area contributed by atoms with Gasteiger partial charge in [-0.15, -0.1) is 0 Å². The van der Waals surface area contributed by atoms with E-state index in [9.17, 15) is 14.4 Å². The van der Waals surface area contributed by atoms with Gasteiger partial charge in [-0.2, -0.15) is 0 Å². The third-order valence-electron chi connectivity index (χ3n) is 5.92. The van der Waals surface area contributed by atoms with E-state index in [0.29, 0.717) is 24.4 Å². The highest BCUT2D eigenvalue weighted by atomic mass is 16.5. The Labute approximate surface area is 180 Å². The normalized spacial score (nSPS) is 23.4. The van der Waals surface area contributed by atoms with Crippen LogP contribution in [-0.2, 0) is 20.9 Å². The second-order valence-electron chi connectivity index (χ2n) is 7.87. The number of carbonyl (C=O) groups excluding carboxylic acids is 3. The Hall–Kier alpha value is -3.48. The first-order valence-electron chi connectivity index (χ1n) is 10.5. The zero-order valence-electron chi connectivity index (χ0n) is 17.3. The number of hydrogen-bond acceptors (Lipinski definition) is 5. The first-order chi connectivity index (χ1) is 15.1. The third-order valence-corrected chi connectivity index (χ3v) is 5.92. The fourth-order valence-corrected chi connectivity index (χ4v) is 4.48. The number of rotatable bonds is 7. The molecule has 1 fully saturated rings. The van der Waals surface area contributed by atoms with Crippen LogP contribution in [0.4, 0.5) is 5.69 Å². The van der Waals surface area contributed by atoms with Gasteiger partial charge in [0.05, 0.1) is 24.0 Å². The number of allylic oxidation sites excluding steroid dienone is 2. The second kappa shape index (κ2) is 9.12. The topological polar surface area (TPSA) is 97.4 Å². The van der Waals surface area contributed by atoms with Crippen LogP contribution in [0.5, 0.6) is 0 Å². The number of ether oxygens (including phenoxy) is 1. The van der Waals surface area contributed by atoms with Crippen molar-refractivity contribution >= 4 is 23.5 Å². The van der Waals surface area contributed by atoms with Crippen LogP contribution in [0.25, 0.3) is 0 Å². The summed E-state index contributed by atoms with van der Waals surface area (Å²) in [6, 6.07) is 10.3. The SMILES string of the molecule is CCOC(=O)c1ccc(NC(=O)C2C3C=CC(C3)C2C(=O)NCc2cccnc2)cc1. The predicted molar refractivity (Wildman–Crippen MR) is 115 cm³/mol. The molecule has 0 radical (unpaired) electrons. The predicted octanol–water partition coefficient (Wildman–Crippen LogP) is 2.95. The molecule has 2 aromatic rings. The van der Waals surface area contributed by atoms with Crippen molar-refractivity contribution in [1.82, 2.24) is 10.3 Å². The molecule has 0 aliphatic heterocycles. The smallest absolute Gasteiger partial charge is 0.338 e. The first kappa shape index (κ1) is 20.8. The molecule has 0 spiro atoms. The molecule has 7 nitrogen and oxygen atoms in total. The number of nitrogens with zero attached hydrogens (tertiary/aromatic N) is 1. The van der Waals surface area contributed by atoms with E-state index < -0.39 is 17.8 Å². The Balaban J connectivity index is 1.42. The lowest BCUT2D eigenvalue weighted by atomic mass is 9.81.